The van der Waals surface area contributed by atoms with Gasteiger partial charge in [-0.1, -0.05) is 66.7 Å². The number of nitrogens with zero attached hydrogens (tertiary/aromatic N) is 6. The molecule has 0 bridgehead atoms. The second kappa shape index (κ2) is 9.17. The number of aromatic nitrogens is 5. The van der Waals surface area contributed by atoms with Crippen LogP contribution in [0, 0.1) is 10.1 Å². The smallest absolute Gasteiger partial charge is 0.343 e. The van der Waals surface area contributed by atoms with Crippen LogP contribution in [0.25, 0.3) is 23.4 Å². The van der Waals surface area contributed by atoms with Gasteiger partial charge in [0.2, 0.25) is 5.82 Å². The summed E-state index contributed by atoms with van der Waals surface area (Å²) in [6.45, 7) is 2.89. The minimum atomic E-state index is -0.420. The summed E-state index contributed by atoms with van der Waals surface area (Å²) >= 11 is 0. The van der Waals surface area contributed by atoms with E-state index < -0.39 is 4.92 Å². The topological polar surface area (TPSA) is 91.7 Å². The van der Waals surface area contributed by atoms with E-state index in [1.165, 1.54) is 11.8 Å². The van der Waals surface area contributed by atoms with Crippen LogP contribution in [-0.4, -0.2) is 29.5 Å². The van der Waals surface area contributed by atoms with Crippen LogP contribution in [0.3, 0.4) is 0 Å². The van der Waals surface area contributed by atoms with Crippen LogP contribution >= 0.6 is 0 Å². The van der Waals surface area contributed by atoms with Crippen molar-refractivity contribution in [3.05, 3.63) is 94.1 Å². The average molecular weight is 414 g/mol. The first-order valence-electron chi connectivity index (χ1n) is 10.1. The third-order valence-corrected chi connectivity index (χ3v) is 5.03. The average Bonchev–Trinajstić information content (AvgIpc) is 3.44. The number of benzene rings is 2. The molecule has 0 spiro atoms. The Morgan fingerprint density at radius 1 is 1.03 bits per heavy atom. The van der Waals surface area contributed by atoms with Crippen molar-refractivity contribution < 1.29 is 4.92 Å². The van der Waals surface area contributed by atoms with Gasteiger partial charge < -0.3 is 10.1 Å². The third kappa shape index (κ3) is 4.75. The van der Waals surface area contributed by atoms with Crippen LogP contribution in [0.4, 0.5) is 5.82 Å². The molecule has 2 aromatic carbocycles. The van der Waals surface area contributed by atoms with Crippen molar-refractivity contribution in [2.45, 2.75) is 26.4 Å². The van der Waals surface area contributed by atoms with Crippen LogP contribution in [0.15, 0.2) is 67.0 Å². The van der Waals surface area contributed by atoms with Crippen LogP contribution in [0.1, 0.15) is 23.9 Å². The molecule has 0 saturated carbocycles. The van der Waals surface area contributed by atoms with E-state index in [4.69, 9.17) is 0 Å². The van der Waals surface area contributed by atoms with Gasteiger partial charge in [-0.2, -0.15) is 0 Å². The SMILES string of the molecule is CCc1ccc(/C=C/c2ncc([N+](=O)[O-])n2CCn2cc(-c3ccccc3)nn2)cc1. The molecule has 156 valence electrons. The van der Waals surface area contributed by atoms with Gasteiger partial charge in [-0.3, -0.25) is 0 Å². The molecule has 0 saturated heterocycles. The summed E-state index contributed by atoms with van der Waals surface area (Å²) in [7, 11) is 0. The highest BCUT2D eigenvalue weighted by atomic mass is 16.6. The van der Waals surface area contributed by atoms with Gasteiger partial charge in [-0.25, -0.2) is 14.2 Å². The number of rotatable bonds is 8. The molecule has 0 unspecified atom stereocenters. The van der Waals surface area contributed by atoms with E-state index in [9.17, 15) is 10.1 Å². The second-order valence-electron chi connectivity index (χ2n) is 7.04. The van der Waals surface area contributed by atoms with E-state index in [1.807, 2.05) is 54.7 Å². The van der Waals surface area contributed by atoms with Gasteiger partial charge in [0.05, 0.1) is 12.7 Å². The number of aryl methyl sites for hydroxylation is 2. The van der Waals surface area contributed by atoms with Crippen molar-refractivity contribution >= 4 is 18.0 Å². The highest BCUT2D eigenvalue weighted by Crippen LogP contribution is 2.18. The summed E-state index contributed by atoms with van der Waals surface area (Å²) in [5, 5.41) is 19.8. The molecule has 8 heteroatoms. The first kappa shape index (κ1) is 20.2. The van der Waals surface area contributed by atoms with E-state index >= 15 is 0 Å². The van der Waals surface area contributed by atoms with E-state index in [0.29, 0.717) is 18.9 Å². The Morgan fingerprint density at radius 2 is 1.81 bits per heavy atom. The maximum absolute atomic E-state index is 11.5. The van der Waals surface area contributed by atoms with E-state index in [2.05, 4.69) is 34.4 Å². The Labute approximate surface area is 179 Å². The van der Waals surface area contributed by atoms with Crippen molar-refractivity contribution in [1.82, 2.24) is 24.5 Å². The van der Waals surface area contributed by atoms with Gasteiger partial charge in [0.1, 0.15) is 18.4 Å². The third-order valence-electron chi connectivity index (χ3n) is 5.03. The highest BCUT2D eigenvalue weighted by molar-refractivity contribution is 5.67. The molecule has 0 fully saturated rings. The molecule has 31 heavy (non-hydrogen) atoms. The predicted molar refractivity (Wildman–Crippen MR) is 119 cm³/mol. The van der Waals surface area contributed by atoms with Crippen molar-refractivity contribution in [1.29, 1.82) is 0 Å². The van der Waals surface area contributed by atoms with Crippen LogP contribution in [-0.2, 0) is 19.5 Å². The zero-order chi connectivity index (χ0) is 21.6. The van der Waals surface area contributed by atoms with Gasteiger partial charge in [0, 0.05) is 11.6 Å². The van der Waals surface area contributed by atoms with Crippen LogP contribution in [0.2, 0.25) is 0 Å². The van der Waals surface area contributed by atoms with Crippen molar-refractivity contribution in [2.75, 3.05) is 0 Å². The molecule has 0 aliphatic carbocycles. The minimum Gasteiger partial charge on any atom is -0.358 e. The minimum absolute atomic E-state index is 0.0515. The Morgan fingerprint density at radius 3 is 2.52 bits per heavy atom. The lowest BCUT2D eigenvalue weighted by Gasteiger charge is -2.03. The molecule has 0 aliphatic rings. The highest BCUT2D eigenvalue weighted by Gasteiger charge is 2.18. The number of imidazole rings is 1. The Kier molecular flexibility index (Phi) is 5.98. The molecule has 0 radical (unpaired) electrons. The summed E-state index contributed by atoms with van der Waals surface area (Å²) in [5.74, 6) is 0.471. The lowest BCUT2D eigenvalue weighted by Crippen LogP contribution is -2.11. The van der Waals surface area contributed by atoms with Gasteiger partial charge in [-0.05, 0) is 28.5 Å². The molecule has 2 heterocycles. The number of hydrogen-bond acceptors (Lipinski definition) is 5. The fourth-order valence-electron chi connectivity index (χ4n) is 3.27. The molecule has 0 amide bonds. The van der Waals surface area contributed by atoms with E-state index in [0.717, 1.165) is 23.2 Å². The summed E-state index contributed by atoms with van der Waals surface area (Å²) in [6.07, 6.45) is 7.81. The van der Waals surface area contributed by atoms with Gasteiger partial charge in [0.25, 0.3) is 0 Å². The molecule has 4 rings (SSSR count). The van der Waals surface area contributed by atoms with Crippen molar-refractivity contribution in [3.63, 3.8) is 0 Å². The van der Waals surface area contributed by atoms with Gasteiger partial charge in [-0.15, -0.1) is 5.10 Å². The number of nitro groups is 1. The molecule has 4 aromatic rings. The van der Waals surface area contributed by atoms with Crippen molar-refractivity contribution in [3.8, 4) is 11.3 Å². The van der Waals surface area contributed by atoms with Crippen molar-refractivity contribution in [2.24, 2.45) is 0 Å². The summed E-state index contributed by atoms with van der Waals surface area (Å²) in [5.41, 5.74) is 4.01. The van der Waals surface area contributed by atoms with Crippen LogP contribution < -0.4 is 0 Å². The maximum atomic E-state index is 11.5. The normalized spacial score (nSPS) is 11.3. The summed E-state index contributed by atoms with van der Waals surface area (Å²) in [4.78, 5) is 15.3. The lowest BCUT2D eigenvalue weighted by molar-refractivity contribution is -0.392. The fourth-order valence-corrected chi connectivity index (χ4v) is 3.27. The first-order chi connectivity index (χ1) is 15.1. The molecular formula is C23H22N6O2. The van der Waals surface area contributed by atoms with Gasteiger partial charge in [0.15, 0.2) is 0 Å². The lowest BCUT2D eigenvalue weighted by atomic mass is 10.1. The quantitative estimate of drug-likeness (QED) is 0.313. The predicted octanol–water partition coefficient (Wildman–Crippen LogP) is 4.48. The van der Waals surface area contributed by atoms with Crippen LogP contribution in [0.5, 0.6) is 0 Å². The Balaban J connectivity index is 1.52. The number of hydrogen-bond donors (Lipinski definition) is 0. The standard InChI is InChI=1S/C23H22N6O2/c1-2-18-8-10-19(11-9-18)12-13-22-24-16-23(29(30)31)28(22)15-14-27-17-21(25-26-27)20-6-4-3-5-7-20/h3-13,16-17H,2,14-15H2,1H3/b13-12+. The van der Waals surface area contributed by atoms with Gasteiger partial charge >= 0.3 is 5.82 Å². The summed E-state index contributed by atoms with van der Waals surface area (Å²) < 4.78 is 3.27. The zero-order valence-electron chi connectivity index (χ0n) is 17.1. The molecule has 8 nitrogen and oxygen atoms in total. The Bertz CT molecular complexity index is 1190. The monoisotopic (exact) mass is 414 g/mol. The Hall–Kier alpha value is -4.07. The second-order valence-corrected chi connectivity index (χ2v) is 7.04. The fraction of sp³-hybridized carbons (Fsp3) is 0.174. The largest absolute Gasteiger partial charge is 0.358 e. The molecular weight excluding hydrogens is 392 g/mol. The zero-order valence-corrected chi connectivity index (χ0v) is 17.1. The van der Waals surface area contributed by atoms with E-state index in [-0.39, 0.29) is 5.82 Å². The first-order valence-corrected chi connectivity index (χ1v) is 10.1. The maximum Gasteiger partial charge on any atom is 0.343 e. The summed E-state index contributed by atoms with van der Waals surface area (Å²) in [6, 6.07) is 18.0. The molecule has 2 aromatic heterocycles. The van der Waals surface area contributed by atoms with E-state index in [1.54, 1.807) is 15.3 Å². The molecule has 0 N–H and O–H groups in total. The molecule has 0 atom stereocenters. The molecule has 0 aliphatic heterocycles.